The topological polar surface area (TPSA) is 40.5 Å². The summed E-state index contributed by atoms with van der Waals surface area (Å²) in [5, 5.41) is 9.66. The van der Waals surface area contributed by atoms with E-state index in [4.69, 9.17) is 0 Å². The molecule has 0 amide bonds. The number of carboxylic acids is 1. The summed E-state index contributed by atoms with van der Waals surface area (Å²) >= 11 is 0. The molecule has 0 aliphatic carbocycles. The van der Waals surface area contributed by atoms with E-state index in [2.05, 4.69) is 30.9 Å². The zero-order chi connectivity index (χ0) is 17.7. The quantitative estimate of drug-likeness (QED) is 0.811. The minimum atomic E-state index is -0.772. The van der Waals surface area contributed by atoms with Gasteiger partial charge in [-0.25, -0.2) is 0 Å². The summed E-state index contributed by atoms with van der Waals surface area (Å²) in [6.45, 7) is 10.3. The first-order valence-electron chi connectivity index (χ1n) is 8.60. The number of carboxylic acid groups (broad SMARTS) is 1. The third kappa shape index (κ3) is 4.16. The van der Waals surface area contributed by atoms with Crippen molar-refractivity contribution >= 4 is 11.7 Å². The van der Waals surface area contributed by atoms with Crippen molar-refractivity contribution in [2.45, 2.75) is 40.0 Å². The van der Waals surface area contributed by atoms with Crippen molar-refractivity contribution in [3.8, 4) is 0 Å². The highest BCUT2D eigenvalue weighted by atomic mass is 16.4. The van der Waals surface area contributed by atoms with Gasteiger partial charge in [0.25, 0.3) is 0 Å². The average Bonchev–Trinajstić information content (AvgIpc) is 2.57. The monoisotopic (exact) mass is 325 g/mol. The number of rotatable bonds is 7. The van der Waals surface area contributed by atoms with Crippen molar-refractivity contribution in [3.63, 3.8) is 0 Å². The molecular formula is C21H27NO2. The highest BCUT2D eigenvalue weighted by molar-refractivity contribution is 5.76. The van der Waals surface area contributed by atoms with Crippen LogP contribution >= 0.6 is 0 Å². The van der Waals surface area contributed by atoms with Gasteiger partial charge in [-0.1, -0.05) is 30.3 Å². The Labute approximate surface area is 144 Å². The fraction of sp³-hybridized carbons (Fsp3) is 0.381. The predicted molar refractivity (Wildman–Crippen MR) is 100.0 cm³/mol. The normalized spacial score (nSPS) is 12.0. The molecule has 0 saturated heterocycles. The summed E-state index contributed by atoms with van der Waals surface area (Å²) in [5.74, 6) is -1.28. The molecule has 0 radical (unpaired) electrons. The van der Waals surface area contributed by atoms with E-state index in [1.807, 2.05) is 44.2 Å². The van der Waals surface area contributed by atoms with Crippen molar-refractivity contribution in [3.05, 3.63) is 64.7 Å². The third-order valence-electron chi connectivity index (χ3n) is 4.74. The summed E-state index contributed by atoms with van der Waals surface area (Å²) < 4.78 is 0. The Kier molecular flexibility index (Phi) is 6.02. The molecule has 0 bridgehead atoms. The molecule has 1 unspecified atom stereocenters. The maximum absolute atomic E-state index is 11.8. The number of aliphatic carboxylic acids is 1. The van der Waals surface area contributed by atoms with Crippen LogP contribution in [0.4, 0.5) is 5.69 Å². The van der Waals surface area contributed by atoms with E-state index in [1.165, 1.54) is 11.3 Å². The lowest BCUT2D eigenvalue weighted by atomic mass is 9.90. The average molecular weight is 325 g/mol. The van der Waals surface area contributed by atoms with Crippen LogP contribution in [0.3, 0.4) is 0 Å². The van der Waals surface area contributed by atoms with Crippen LogP contribution in [0.15, 0.2) is 42.5 Å². The molecule has 0 saturated carbocycles. The van der Waals surface area contributed by atoms with Gasteiger partial charge in [0.15, 0.2) is 0 Å². The molecule has 0 fully saturated rings. The zero-order valence-corrected chi connectivity index (χ0v) is 15.0. The number of hydrogen-bond donors (Lipinski definition) is 1. The van der Waals surface area contributed by atoms with Gasteiger partial charge in [0.1, 0.15) is 0 Å². The Morgan fingerprint density at radius 2 is 1.62 bits per heavy atom. The van der Waals surface area contributed by atoms with E-state index in [0.717, 1.165) is 29.8 Å². The minimum absolute atomic E-state index is 0.510. The van der Waals surface area contributed by atoms with Gasteiger partial charge in [0, 0.05) is 18.8 Å². The maximum atomic E-state index is 11.8. The number of aryl methyl sites for hydroxylation is 2. The van der Waals surface area contributed by atoms with Crippen LogP contribution in [-0.2, 0) is 11.2 Å². The first kappa shape index (κ1) is 18.1. The SMILES string of the molecule is CCN(CC)c1ccc(CC(C(=O)O)c2ccc(C)c(C)c2)cc1. The summed E-state index contributed by atoms with van der Waals surface area (Å²) in [6.07, 6.45) is 0.510. The largest absolute Gasteiger partial charge is 0.481 e. The van der Waals surface area contributed by atoms with Crippen molar-refractivity contribution in [2.24, 2.45) is 0 Å². The maximum Gasteiger partial charge on any atom is 0.311 e. The Morgan fingerprint density at radius 3 is 2.12 bits per heavy atom. The van der Waals surface area contributed by atoms with Crippen LogP contribution in [0.1, 0.15) is 42.0 Å². The van der Waals surface area contributed by atoms with E-state index >= 15 is 0 Å². The van der Waals surface area contributed by atoms with Gasteiger partial charge in [-0.2, -0.15) is 0 Å². The summed E-state index contributed by atoms with van der Waals surface area (Å²) in [4.78, 5) is 14.0. The van der Waals surface area contributed by atoms with E-state index in [9.17, 15) is 9.90 Å². The summed E-state index contributed by atoms with van der Waals surface area (Å²) in [6, 6.07) is 14.2. The number of carbonyl (C=O) groups is 1. The van der Waals surface area contributed by atoms with Gasteiger partial charge in [-0.05, 0) is 68.5 Å². The van der Waals surface area contributed by atoms with Gasteiger partial charge >= 0.3 is 5.97 Å². The molecule has 0 heterocycles. The zero-order valence-electron chi connectivity index (χ0n) is 15.0. The molecule has 2 aromatic rings. The second kappa shape index (κ2) is 8.00. The molecule has 3 heteroatoms. The number of hydrogen-bond acceptors (Lipinski definition) is 2. The Balaban J connectivity index is 2.22. The van der Waals surface area contributed by atoms with Gasteiger partial charge in [0.05, 0.1) is 5.92 Å². The van der Waals surface area contributed by atoms with E-state index in [-0.39, 0.29) is 0 Å². The van der Waals surface area contributed by atoms with Crippen LogP contribution in [0.2, 0.25) is 0 Å². The molecule has 128 valence electrons. The van der Waals surface area contributed by atoms with Crippen LogP contribution in [-0.4, -0.2) is 24.2 Å². The van der Waals surface area contributed by atoms with Gasteiger partial charge in [-0.15, -0.1) is 0 Å². The Morgan fingerprint density at radius 1 is 1.00 bits per heavy atom. The van der Waals surface area contributed by atoms with Crippen molar-refractivity contribution < 1.29 is 9.90 Å². The molecule has 3 nitrogen and oxygen atoms in total. The van der Waals surface area contributed by atoms with Crippen molar-refractivity contribution in [1.29, 1.82) is 0 Å². The number of benzene rings is 2. The van der Waals surface area contributed by atoms with Gasteiger partial charge in [-0.3, -0.25) is 4.79 Å². The third-order valence-corrected chi connectivity index (χ3v) is 4.74. The smallest absolute Gasteiger partial charge is 0.311 e. The first-order chi connectivity index (χ1) is 11.5. The van der Waals surface area contributed by atoms with Crippen LogP contribution in [0.25, 0.3) is 0 Å². The molecule has 1 atom stereocenters. The molecular weight excluding hydrogens is 298 g/mol. The van der Waals surface area contributed by atoms with E-state index in [0.29, 0.717) is 6.42 Å². The molecule has 0 aliphatic heterocycles. The fourth-order valence-electron chi connectivity index (χ4n) is 3.00. The lowest BCUT2D eigenvalue weighted by Crippen LogP contribution is -2.21. The second-order valence-electron chi connectivity index (χ2n) is 6.28. The summed E-state index contributed by atoms with van der Waals surface area (Å²) in [7, 11) is 0. The van der Waals surface area contributed by atoms with Crippen LogP contribution in [0, 0.1) is 13.8 Å². The Bertz CT molecular complexity index is 687. The van der Waals surface area contributed by atoms with Gasteiger partial charge < -0.3 is 10.0 Å². The molecule has 2 aromatic carbocycles. The van der Waals surface area contributed by atoms with Gasteiger partial charge in [0.2, 0.25) is 0 Å². The highest BCUT2D eigenvalue weighted by Crippen LogP contribution is 2.25. The Hall–Kier alpha value is -2.29. The van der Waals surface area contributed by atoms with E-state index < -0.39 is 11.9 Å². The van der Waals surface area contributed by atoms with Crippen LogP contribution < -0.4 is 4.90 Å². The predicted octanol–water partition coefficient (Wildman–Crippen LogP) is 4.56. The lowest BCUT2D eigenvalue weighted by Gasteiger charge is -2.21. The first-order valence-corrected chi connectivity index (χ1v) is 8.60. The second-order valence-corrected chi connectivity index (χ2v) is 6.28. The number of anilines is 1. The fourth-order valence-corrected chi connectivity index (χ4v) is 3.00. The molecule has 24 heavy (non-hydrogen) atoms. The molecule has 0 aromatic heterocycles. The van der Waals surface area contributed by atoms with Crippen molar-refractivity contribution in [2.75, 3.05) is 18.0 Å². The molecule has 1 N–H and O–H groups in total. The highest BCUT2D eigenvalue weighted by Gasteiger charge is 2.20. The molecule has 0 aliphatic rings. The number of nitrogens with zero attached hydrogens (tertiary/aromatic N) is 1. The van der Waals surface area contributed by atoms with Crippen LogP contribution in [0.5, 0.6) is 0 Å². The minimum Gasteiger partial charge on any atom is -0.481 e. The lowest BCUT2D eigenvalue weighted by molar-refractivity contribution is -0.138. The molecule has 2 rings (SSSR count). The van der Waals surface area contributed by atoms with Crippen molar-refractivity contribution in [1.82, 2.24) is 0 Å². The standard InChI is InChI=1S/C21H27NO2/c1-5-22(6-2)19-11-8-17(9-12-19)14-20(21(23)24)18-10-7-15(3)16(4)13-18/h7-13,20H,5-6,14H2,1-4H3,(H,23,24). The van der Waals surface area contributed by atoms with E-state index in [1.54, 1.807) is 0 Å². The summed E-state index contributed by atoms with van der Waals surface area (Å²) in [5.41, 5.74) is 5.43. The molecule has 0 spiro atoms.